The van der Waals surface area contributed by atoms with Gasteiger partial charge in [0.15, 0.2) is 11.5 Å². The highest BCUT2D eigenvalue weighted by molar-refractivity contribution is 7.89. The highest BCUT2D eigenvalue weighted by atomic mass is 32.2. The van der Waals surface area contributed by atoms with Crippen LogP contribution in [0.25, 0.3) is 0 Å². The third-order valence-electron chi connectivity index (χ3n) is 5.48. The Labute approximate surface area is 210 Å². The number of methoxy groups -OCH3 is 1. The van der Waals surface area contributed by atoms with Crippen LogP contribution in [0.1, 0.15) is 11.1 Å². The third-order valence-corrected chi connectivity index (χ3v) is 7.32. The summed E-state index contributed by atoms with van der Waals surface area (Å²) in [5.74, 6) is 0.990. The number of amides is 1. The van der Waals surface area contributed by atoms with Crippen LogP contribution in [0.15, 0.2) is 82.8 Å². The molecule has 1 N–H and O–H groups in total. The second kappa shape index (κ2) is 11.7. The molecule has 0 fully saturated rings. The maximum atomic E-state index is 13.5. The Morgan fingerprint density at radius 1 is 1.03 bits per heavy atom. The summed E-state index contributed by atoms with van der Waals surface area (Å²) < 4.78 is 44.4. The topological polar surface area (TPSA) is 107 Å². The van der Waals surface area contributed by atoms with Crippen LogP contribution < -0.4 is 19.6 Å². The predicted molar refractivity (Wildman–Crippen MR) is 135 cm³/mol. The SMILES string of the molecule is COc1ccc(/C=N/NC(=O)CN(CCc2ccccc2)S(=O)(=O)c2ccc3c(c2)OCCO3)cc1. The number of ether oxygens (including phenoxy) is 3. The van der Waals surface area contributed by atoms with Crippen molar-refractivity contribution in [1.29, 1.82) is 0 Å². The van der Waals surface area contributed by atoms with Gasteiger partial charge in [0.05, 0.1) is 24.8 Å². The minimum Gasteiger partial charge on any atom is -0.497 e. The molecule has 0 radical (unpaired) electrons. The van der Waals surface area contributed by atoms with Crippen LogP contribution in [0, 0.1) is 0 Å². The second-order valence-electron chi connectivity index (χ2n) is 7.95. The van der Waals surface area contributed by atoms with Gasteiger partial charge in [-0.15, -0.1) is 0 Å². The number of carbonyl (C=O) groups is 1. The maximum absolute atomic E-state index is 13.5. The van der Waals surface area contributed by atoms with E-state index in [2.05, 4.69) is 10.5 Å². The smallest absolute Gasteiger partial charge is 0.255 e. The van der Waals surface area contributed by atoms with Gasteiger partial charge in [-0.25, -0.2) is 13.8 Å². The van der Waals surface area contributed by atoms with Crippen LogP contribution in [0.2, 0.25) is 0 Å². The van der Waals surface area contributed by atoms with E-state index in [1.165, 1.54) is 18.3 Å². The molecule has 0 spiro atoms. The summed E-state index contributed by atoms with van der Waals surface area (Å²) in [5.41, 5.74) is 4.12. The summed E-state index contributed by atoms with van der Waals surface area (Å²) in [6.07, 6.45) is 1.91. The molecule has 0 saturated carbocycles. The lowest BCUT2D eigenvalue weighted by Crippen LogP contribution is -2.40. The molecule has 1 aliphatic rings. The van der Waals surface area contributed by atoms with Crippen molar-refractivity contribution < 1.29 is 27.4 Å². The first kappa shape index (κ1) is 25.2. The van der Waals surface area contributed by atoms with E-state index in [1.807, 2.05) is 30.3 Å². The van der Waals surface area contributed by atoms with Gasteiger partial charge in [-0.3, -0.25) is 4.79 Å². The number of rotatable bonds is 10. The molecule has 1 amide bonds. The van der Waals surface area contributed by atoms with E-state index in [0.717, 1.165) is 15.4 Å². The predicted octanol–water partition coefficient (Wildman–Crippen LogP) is 2.85. The van der Waals surface area contributed by atoms with Crippen LogP contribution in [-0.2, 0) is 21.2 Å². The van der Waals surface area contributed by atoms with E-state index in [9.17, 15) is 13.2 Å². The summed E-state index contributed by atoms with van der Waals surface area (Å²) >= 11 is 0. The molecule has 10 heteroatoms. The quantitative estimate of drug-likeness (QED) is 0.333. The third kappa shape index (κ3) is 6.41. The summed E-state index contributed by atoms with van der Waals surface area (Å²) in [5, 5.41) is 3.96. The molecular weight excluding hydrogens is 482 g/mol. The van der Waals surface area contributed by atoms with Gasteiger partial charge < -0.3 is 14.2 Å². The number of hydrogen-bond donors (Lipinski definition) is 1. The number of hydrogen-bond acceptors (Lipinski definition) is 7. The number of sulfonamides is 1. The molecular formula is C26H27N3O6S. The van der Waals surface area contributed by atoms with Crippen LogP contribution in [-0.4, -0.2) is 58.3 Å². The van der Waals surface area contributed by atoms with Crippen molar-refractivity contribution in [2.24, 2.45) is 5.10 Å². The Morgan fingerprint density at radius 2 is 1.75 bits per heavy atom. The Balaban J connectivity index is 1.49. The minimum absolute atomic E-state index is 0.0225. The van der Waals surface area contributed by atoms with Gasteiger partial charge in [-0.05, 0) is 53.9 Å². The van der Waals surface area contributed by atoms with Crippen LogP contribution in [0.3, 0.4) is 0 Å². The van der Waals surface area contributed by atoms with Crippen molar-refractivity contribution in [2.75, 3.05) is 33.4 Å². The van der Waals surface area contributed by atoms with E-state index >= 15 is 0 Å². The molecule has 0 aliphatic carbocycles. The average molecular weight is 510 g/mol. The van der Waals surface area contributed by atoms with Crippen molar-refractivity contribution >= 4 is 22.1 Å². The molecule has 0 unspecified atom stereocenters. The van der Waals surface area contributed by atoms with Crippen molar-refractivity contribution in [3.05, 3.63) is 83.9 Å². The lowest BCUT2D eigenvalue weighted by Gasteiger charge is -2.23. The van der Waals surface area contributed by atoms with Crippen molar-refractivity contribution in [3.63, 3.8) is 0 Å². The summed E-state index contributed by atoms with van der Waals surface area (Å²) in [6, 6.07) is 21.0. The number of nitrogens with zero attached hydrogens (tertiary/aromatic N) is 2. The molecule has 9 nitrogen and oxygen atoms in total. The standard InChI is InChI=1S/C26H27N3O6S/c1-33-22-9-7-21(8-10-22)18-27-28-26(30)19-29(14-13-20-5-3-2-4-6-20)36(31,32)23-11-12-24-25(17-23)35-16-15-34-24/h2-12,17-18H,13-16,19H2,1H3,(H,28,30)/b27-18+. The van der Waals surface area contributed by atoms with E-state index in [4.69, 9.17) is 14.2 Å². The number of fused-ring (bicyclic) bond motifs is 1. The fraction of sp³-hybridized carbons (Fsp3) is 0.231. The van der Waals surface area contributed by atoms with Crippen molar-refractivity contribution in [2.45, 2.75) is 11.3 Å². The maximum Gasteiger partial charge on any atom is 0.255 e. The Hall–Kier alpha value is -3.89. The van der Waals surface area contributed by atoms with Gasteiger partial charge in [0.1, 0.15) is 19.0 Å². The Kier molecular flexibility index (Phi) is 8.19. The number of benzene rings is 3. The van der Waals surface area contributed by atoms with Gasteiger partial charge in [0.25, 0.3) is 5.91 Å². The summed E-state index contributed by atoms with van der Waals surface area (Å²) in [4.78, 5) is 12.7. The molecule has 4 rings (SSSR count). The molecule has 1 heterocycles. The number of hydrazone groups is 1. The van der Waals surface area contributed by atoms with E-state index in [0.29, 0.717) is 36.9 Å². The fourth-order valence-corrected chi connectivity index (χ4v) is 4.99. The molecule has 3 aromatic rings. The normalized spacial score (nSPS) is 13.1. The van der Waals surface area contributed by atoms with Crippen molar-refractivity contribution in [1.82, 2.24) is 9.73 Å². The zero-order valence-corrected chi connectivity index (χ0v) is 20.6. The van der Waals surface area contributed by atoms with Crippen LogP contribution in [0.4, 0.5) is 0 Å². The minimum atomic E-state index is -4.01. The highest BCUT2D eigenvalue weighted by Gasteiger charge is 2.28. The molecule has 36 heavy (non-hydrogen) atoms. The lowest BCUT2D eigenvalue weighted by atomic mass is 10.1. The fourth-order valence-electron chi connectivity index (χ4n) is 3.58. The van der Waals surface area contributed by atoms with E-state index < -0.39 is 22.5 Å². The van der Waals surface area contributed by atoms with E-state index in [1.54, 1.807) is 37.4 Å². The van der Waals surface area contributed by atoms with Crippen LogP contribution in [0.5, 0.6) is 17.2 Å². The first-order valence-corrected chi connectivity index (χ1v) is 12.8. The average Bonchev–Trinajstić information content (AvgIpc) is 2.91. The van der Waals surface area contributed by atoms with Gasteiger partial charge in [0.2, 0.25) is 10.0 Å². The zero-order valence-electron chi connectivity index (χ0n) is 19.8. The second-order valence-corrected chi connectivity index (χ2v) is 9.88. The van der Waals surface area contributed by atoms with Gasteiger partial charge in [-0.2, -0.15) is 9.41 Å². The summed E-state index contributed by atoms with van der Waals surface area (Å²) in [6.45, 7) is 0.447. The van der Waals surface area contributed by atoms with Gasteiger partial charge in [0, 0.05) is 12.6 Å². The van der Waals surface area contributed by atoms with Gasteiger partial charge >= 0.3 is 0 Å². The molecule has 188 valence electrons. The van der Waals surface area contributed by atoms with Gasteiger partial charge in [-0.1, -0.05) is 30.3 Å². The molecule has 0 atom stereocenters. The largest absolute Gasteiger partial charge is 0.497 e. The number of carbonyl (C=O) groups excluding carboxylic acids is 1. The Morgan fingerprint density at radius 3 is 2.47 bits per heavy atom. The molecule has 0 aromatic heterocycles. The van der Waals surface area contributed by atoms with E-state index in [-0.39, 0.29) is 11.4 Å². The zero-order chi connectivity index (χ0) is 25.4. The molecule has 0 saturated heterocycles. The summed E-state index contributed by atoms with van der Waals surface area (Å²) in [7, 11) is -2.44. The molecule has 3 aromatic carbocycles. The molecule has 1 aliphatic heterocycles. The molecule has 0 bridgehead atoms. The van der Waals surface area contributed by atoms with Crippen LogP contribution >= 0.6 is 0 Å². The first-order valence-electron chi connectivity index (χ1n) is 11.4. The monoisotopic (exact) mass is 509 g/mol. The first-order chi connectivity index (χ1) is 17.5. The lowest BCUT2D eigenvalue weighted by molar-refractivity contribution is -0.121. The Bertz CT molecular complexity index is 1310. The highest BCUT2D eigenvalue weighted by Crippen LogP contribution is 2.33. The number of nitrogens with one attached hydrogen (secondary N) is 1. The van der Waals surface area contributed by atoms with Crippen molar-refractivity contribution in [3.8, 4) is 17.2 Å².